The quantitative estimate of drug-likeness (QED) is 0.592. The minimum Gasteiger partial charge on any atom is -0.371 e. The Labute approximate surface area is 81.5 Å². The van der Waals surface area contributed by atoms with Crippen molar-refractivity contribution in [3.8, 4) is 0 Å². The third-order valence-electron chi connectivity index (χ3n) is 2.69. The lowest BCUT2D eigenvalue weighted by atomic mass is 9.87. The summed E-state index contributed by atoms with van der Waals surface area (Å²) in [6.45, 7) is 10.3. The standard InChI is InChI=1S/C12H20O/c1-5-6-12-11(9(2)3)8-7-10(4)13-12/h5-6,10-12H,2,7-8H2,1,3-4H3. The molecular formula is C12H20O. The Morgan fingerprint density at radius 2 is 2.15 bits per heavy atom. The zero-order chi connectivity index (χ0) is 9.84. The second-order valence-electron chi connectivity index (χ2n) is 3.97. The average molecular weight is 180 g/mol. The van der Waals surface area contributed by atoms with Crippen molar-refractivity contribution in [3.05, 3.63) is 24.3 Å². The van der Waals surface area contributed by atoms with Gasteiger partial charge < -0.3 is 4.74 Å². The van der Waals surface area contributed by atoms with Crippen LogP contribution >= 0.6 is 0 Å². The van der Waals surface area contributed by atoms with Gasteiger partial charge in [0.2, 0.25) is 0 Å². The van der Waals surface area contributed by atoms with Crippen molar-refractivity contribution in [2.24, 2.45) is 5.92 Å². The van der Waals surface area contributed by atoms with Gasteiger partial charge in [0.1, 0.15) is 0 Å². The van der Waals surface area contributed by atoms with Crippen molar-refractivity contribution < 1.29 is 4.74 Å². The van der Waals surface area contributed by atoms with E-state index in [0.717, 1.165) is 6.42 Å². The molecule has 0 bridgehead atoms. The van der Waals surface area contributed by atoms with Gasteiger partial charge in [-0.05, 0) is 33.6 Å². The summed E-state index contributed by atoms with van der Waals surface area (Å²) < 4.78 is 5.85. The van der Waals surface area contributed by atoms with Gasteiger partial charge in [0.25, 0.3) is 0 Å². The van der Waals surface area contributed by atoms with E-state index in [9.17, 15) is 0 Å². The van der Waals surface area contributed by atoms with Gasteiger partial charge in [-0.25, -0.2) is 0 Å². The molecule has 0 amide bonds. The van der Waals surface area contributed by atoms with Gasteiger partial charge in [-0.2, -0.15) is 0 Å². The van der Waals surface area contributed by atoms with E-state index in [4.69, 9.17) is 4.74 Å². The Bertz CT molecular complexity index is 205. The van der Waals surface area contributed by atoms with Gasteiger partial charge in [0.15, 0.2) is 0 Å². The molecule has 0 aromatic heterocycles. The molecule has 1 rings (SSSR count). The number of hydrogen-bond donors (Lipinski definition) is 0. The van der Waals surface area contributed by atoms with Crippen molar-refractivity contribution in [2.75, 3.05) is 0 Å². The van der Waals surface area contributed by atoms with E-state index in [0.29, 0.717) is 12.0 Å². The maximum absolute atomic E-state index is 5.85. The minimum atomic E-state index is 0.256. The topological polar surface area (TPSA) is 9.23 Å². The van der Waals surface area contributed by atoms with Crippen LogP contribution in [0.5, 0.6) is 0 Å². The van der Waals surface area contributed by atoms with Crippen molar-refractivity contribution in [1.82, 2.24) is 0 Å². The lowest BCUT2D eigenvalue weighted by Crippen LogP contribution is -2.32. The Morgan fingerprint density at radius 1 is 1.46 bits per heavy atom. The van der Waals surface area contributed by atoms with Gasteiger partial charge in [0, 0.05) is 5.92 Å². The zero-order valence-corrected chi connectivity index (χ0v) is 8.92. The fraction of sp³-hybridized carbons (Fsp3) is 0.667. The molecule has 3 atom stereocenters. The molecule has 0 aromatic rings. The van der Waals surface area contributed by atoms with Crippen LogP contribution in [0.15, 0.2) is 24.3 Å². The van der Waals surface area contributed by atoms with Crippen LogP contribution in [-0.4, -0.2) is 12.2 Å². The minimum absolute atomic E-state index is 0.256. The van der Waals surface area contributed by atoms with Crippen LogP contribution in [0.4, 0.5) is 0 Å². The highest BCUT2D eigenvalue weighted by Crippen LogP contribution is 2.30. The van der Waals surface area contributed by atoms with Gasteiger partial charge >= 0.3 is 0 Å². The molecule has 0 aliphatic carbocycles. The largest absolute Gasteiger partial charge is 0.371 e. The molecule has 1 heterocycles. The fourth-order valence-corrected chi connectivity index (χ4v) is 1.91. The monoisotopic (exact) mass is 180 g/mol. The molecule has 0 saturated carbocycles. The molecule has 0 aromatic carbocycles. The van der Waals surface area contributed by atoms with E-state index >= 15 is 0 Å². The summed E-state index contributed by atoms with van der Waals surface area (Å²) in [5, 5.41) is 0. The molecule has 1 saturated heterocycles. The third kappa shape index (κ3) is 2.70. The second-order valence-corrected chi connectivity index (χ2v) is 3.97. The highest BCUT2D eigenvalue weighted by molar-refractivity contribution is 5.07. The van der Waals surface area contributed by atoms with Crippen LogP contribution in [0, 0.1) is 5.92 Å². The van der Waals surface area contributed by atoms with E-state index in [1.165, 1.54) is 12.0 Å². The van der Waals surface area contributed by atoms with Gasteiger partial charge in [-0.15, -0.1) is 0 Å². The van der Waals surface area contributed by atoms with Gasteiger partial charge in [-0.3, -0.25) is 0 Å². The lowest BCUT2D eigenvalue weighted by molar-refractivity contribution is -0.0390. The summed E-state index contributed by atoms with van der Waals surface area (Å²) >= 11 is 0. The number of ether oxygens (including phenoxy) is 1. The molecule has 1 heteroatoms. The van der Waals surface area contributed by atoms with Crippen LogP contribution in [0.1, 0.15) is 33.6 Å². The molecular weight excluding hydrogens is 160 g/mol. The summed E-state index contributed by atoms with van der Waals surface area (Å²) in [5.41, 5.74) is 1.25. The van der Waals surface area contributed by atoms with Crippen LogP contribution in [0.25, 0.3) is 0 Å². The molecule has 0 radical (unpaired) electrons. The molecule has 1 nitrogen and oxygen atoms in total. The molecule has 74 valence electrons. The van der Waals surface area contributed by atoms with Crippen LogP contribution in [-0.2, 0) is 4.74 Å². The summed E-state index contributed by atoms with van der Waals surface area (Å²) in [5.74, 6) is 0.521. The van der Waals surface area contributed by atoms with E-state index in [1.807, 2.05) is 6.92 Å². The normalized spacial score (nSPS) is 35.2. The Kier molecular flexibility index (Phi) is 3.73. The fourth-order valence-electron chi connectivity index (χ4n) is 1.91. The second kappa shape index (κ2) is 4.61. The summed E-state index contributed by atoms with van der Waals surface area (Å²) in [7, 11) is 0. The van der Waals surface area contributed by atoms with E-state index in [-0.39, 0.29) is 6.10 Å². The average Bonchev–Trinajstić information content (AvgIpc) is 2.04. The van der Waals surface area contributed by atoms with E-state index < -0.39 is 0 Å². The number of allylic oxidation sites excluding steroid dienone is 1. The third-order valence-corrected chi connectivity index (χ3v) is 2.69. The highest BCUT2D eigenvalue weighted by Gasteiger charge is 2.27. The first-order chi connectivity index (χ1) is 6.15. The Morgan fingerprint density at radius 3 is 2.69 bits per heavy atom. The van der Waals surface area contributed by atoms with Crippen molar-refractivity contribution in [1.29, 1.82) is 0 Å². The predicted octanol–water partition coefficient (Wildman–Crippen LogP) is 3.32. The first-order valence-electron chi connectivity index (χ1n) is 5.08. The maximum atomic E-state index is 5.85. The summed E-state index contributed by atoms with van der Waals surface area (Å²) in [6.07, 6.45) is 7.24. The zero-order valence-electron chi connectivity index (χ0n) is 8.92. The van der Waals surface area contributed by atoms with Crippen molar-refractivity contribution in [3.63, 3.8) is 0 Å². The number of hydrogen-bond acceptors (Lipinski definition) is 1. The van der Waals surface area contributed by atoms with Gasteiger partial charge in [-0.1, -0.05) is 24.3 Å². The Balaban J connectivity index is 2.65. The lowest BCUT2D eigenvalue weighted by Gasteiger charge is -2.34. The molecule has 1 fully saturated rings. The van der Waals surface area contributed by atoms with Crippen molar-refractivity contribution >= 4 is 0 Å². The molecule has 1 aliphatic rings. The molecule has 0 N–H and O–H groups in total. The van der Waals surface area contributed by atoms with Crippen molar-refractivity contribution in [2.45, 2.75) is 45.8 Å². The van der Waals surface area contributed by atoms with Gasteiger partial charge in [0.05, 0.1) is 12.2 Å². The first-order valence-corrected chi connectivity index (χ1v) is 5.08. The van der Waals surface area contributed by atoms with E-state index in [1.54, 1.807) is 0 Å². The van der Waals surface area contributed by atoms with E-state index in [2.05, 4.69) is 32.6 Å². The smallest absolute Gasteiger partial charge is 0.0824 e. The highest BCUT2D eigenvalue weighted by atomic mass is 16.5. The first kappa shape index (κ1) is 10.5. The SMILES string of the molecule is C=C(C)C1CCC(C)OC1C=CC. The maximum Gasteiger partial charge on any atom is 0.0824 e. The predicted molar refractivity (Wildman–Crippen MR) is 56.7 cm³/mol. The summed E-state index contributed by atoms with van der Waals surface area (Å²) in [4.78, 5) is 0. The molecule has 3 unspecified atom stereocenters. The van der Waals surface area contributed by atoms with Crippen LogP contribution < -0.4 is 0 Å². The van der Waals surface area contributed by atoms with Crippen LogP contribution in [0.3, 0.4) is 0 Å². The number of rotatable bonds is 2. The summed E-state index contributed by atoms with van der Waals surface area (Å²) in [6, 6.07) is 0. The molecule has 0 spiro atoms. The van der Waals surface area contributed by atoms with Crippen LogP contribution in [0.2, 0.25) is 0 Å². The molecule has 1 aliphatic heterocycles. The molecule has 13 heavy (non-hydrogen) atoms. The Hall–Kier alpha value is -0.560.